The number of ether oxygens (including phenoxy) is 2. The fourth-order valence-electron chi connectivity index (χ4n) is 2.63. The lowest BCUT2D eigenvalue weighted by Crippen LogP contribution is -2.25. The van der Waals surface area contributed by atoms with Crippen molar-refractivity contribution in [1.29, 1.82) is 0 Å². The molecule has 0 heterocycles. The quantitative estimate of drug-likeness (QED) is 0.184. The minimum Gasteiger partial charge on any atom is -0.454 e. The Balaban J connectivity index is 2.73. The van der Waals surface area contributed by atoms with Gasteiger partial charge in [-0.1, -0.05) is 70.7 Å². The molecule has 1 aromatic carbocycles. The highest BCUT2D eigenvalue weighted by atomic mass is 16.7. The Morgan fingerprint density at radius 2 is 1.72 bits per heavy atom. The second kappa shape index (κ2) is 12.6. The standard InChI is InChI=1S/C22H34O3/c1-5-7-9-11-14-19-15-12-13-16-20(19)24-21(17-10-8-6-2)25-22(23)18(3)4/h12-13,15-16,21H,3,5-11,14,17H2,1-2,4H3. The van der Waals surface area contributed by atoms with Gasteiger partial charge in [0.2, 0.25) is 6.29 Å². The first kappa shape index (κ1) is 21.3. The van der Waals surface area contributed by atoms with Crippen molar-refractivity contribution in [2.24, 2.45) is 0 Å². The van der Waals surface area contributed by atoms with Gasteiger partial charge in [-0.05, 0) is 37.8 Å². The van der Waals surface area contributed by atoms with Crippen LogP contribution in [0.2, 0.25) is 0 Å². The molecular formula is C22H34O3. The number of carbonyl (C=O) groups excluding carboxylic acids is 1. The average Bonchev–Trinajstić information content (AvgIpc) is 2.60. The number of aryl methyl sites for hydroxylation is 1. The number of carbonyl (C=O) groups is 1. The van der Waals surface area contributed by atoms with Crippen molar-refractivity contribution >= 4 is 5.97 Å². The zero-order valence-corrected chi connectivity index (χ0v) is 16.2. The first-order chi connectivity index (χ1) is 12.1. The lowest BCUT2D eigenvalue weighted by atomic mass is 10.1. The molecule has 0 spiro atoms. The van der Waals surface area contributed by atoms with Gasteiger partial charge in [0.25, 0.3) is 0 Å². The van der Waals surface area contributed by atoms with Gasteiger partial charge in [-0.2, -0.15) is 0 Å². The van der Waals surface area contributed by atoms with E-state index in [4.69, 9.17) is 9.47 Å². The SMILES string of the molecule is C=C(C)C(=O)OC(CCCCC)Oc1ccccc1CCCCCC. The molecule has 0 radical (unpaired) electrons. The number of rotatable bonds is 13. The van der Waals surface area contributed by atoms with Crippen molar-refractivity contribution < 1.29 is 14.3 Å². The maximum Gasteiger partial charge on any atom is 0.336 e. The Morgan fingerprint density at radius 1 is 1.04 bits per heavy atom. The van der Waals surface area contributed by atoms with E-state index >= 15 is 0 Å². The average molecular weight is 347 g/mol. The highest BCUT2D eigenvalue weighted by molar-refractivity contribution is 5.87. The maximum atomic E-state index is 11.9. The van der Waals surface area contributed by atoms with E-state index in [-0.39, 0.29) is 5.97 Å². The molecule has 0 amide bonds. The number of benzene rings is 1. The van der Waals surface area contributed by atoms with Crippen LogP contribution in [-0.2, 0) is 16.0 Å². The Bertz CT molecular complexity index is 522. The predicted octanol–water partition coefficient (Wildman–Crippen LogP) is 6.21. The number of unbranched alkanes of at least 4 members (excludes halogenated alkanes) is 5. The molecular weight excluding hydrogens is 312 g/mol. The number of hydrogen-bond acceptors (Lipinski definition) is 3. The van der Waals surface area contributed by atoms with Crippen molar-refractivity contribution in [3.05, 3.63) is 42.0 Å². The van der Waals surface area contributed by atoms with Crippen LogP contribution in [-0.4, -0.2) is 12.3 Å². The zero-order valence-electron chi connectivity index (χ0n) is 16.2. The van der Waals surface area contributed by atoms with Gasteiger partial charge in [0, 0.05) is 12.0 Å². The van der Waals surface area contributed by atoms with Crippen LogP contribution in [0.15, 0.2) is 36.4 Å². The van der Waals surface area contributed by atoms with Crippen LogP contribution in [0.25, 0.3) is 0 Å². The number of hydrogen-bond donors (Lipinski definition) is 0. The van der Waals surface area contributed by atoms with Gasteiger partial charge in [0.1, 0.15) is 5.75 Å². The van der Waals surface area contributed by atoms with Crippen LogP contribution in [0.1, 0.15) is 77.7 Å². The molecule has 0 aliphatic heterocycles. The minimum atomic E-state index is -0.549. The van der Waals surface area contributed by atoms with Gasteiger partial charge < -0.3 is 9.47 Å². The lowest BCUT2D eigenvalue weighted by molar-refractivity contribution is -0.159. The highest BCUT2D eigenvalue weighted by Gasteiger charge is 2.17. The molecule has 0 aromatic heterocycles. The largest absolute Gasteiger partial charge is 0.454 e. The van der Waals surface area contributed by atoms with Crippen LogP contribution >= 0.6 is 0 Å². The molecule has 3 nitrogen and oxygen atoms in total. The molecule has 0 saturated heterocycles. The third-order valence-corrected chi connectivity index (χ3v) is 4.16. The summed E-state index contributed by atoms with van der Waals surface area (Å²) in [7, 11) is 0. The third-order valence-electron chi connectivity index (χ3n) is 4.16. The van der Waals surface area contributed by atoms with Crippen molar-refractivity contribution in [3.8, 4) is 5.75 Å². The van der Waals surface area contributed by atoms with E-state index in [1.807, 2.05) is 18.2 Å². The number of para-hydroxylation sites is 1. The van der Waals surface area contributed by atoms with E-state index in [0.29, 0.717) is 12.0 Å². The summed E-state index contributed by atoms with van der Waals surface area (Å²) in [6, 6.07) is 8.07. The van der Waals surface area contributed by atoms with Gasteiger partial charge in [0.15, 0.2) is 0 Å². The molecule has 0 aliphatic carbocycles. The summed E-state index contributed by atoms with van der Waals surface area (Å²) in [6.07, 6.45) is 9.22. The molecule has 1 unspecified atom stereocenters. The molecule has 1 aromatic rings. The van der Waals surface area contributed by atoms with Gasteiger partial charge in [-0.3, -0.25) is 0 Å². The molecule has 0 saturated carbocycles. The Labute approximate surface area is 153 Å². The van der Waals surface area contributed by atoms with Crippen molar-refractivity contribution in [3.63, 3.8) is 0 Å². The van der Waals surface area contributed by atoms with E-state index in [2.05, 4.69) is 26.5 Å². The summed E-state index contributed by atoms with van der Waals surface area (Å²) in [5.41, 5.74) is 1.59. The Hall–Kier alpha value is -1.77. The first-order valence-corrected chi connectivity index (χ1v) is 9.69. The van der Waals surface area contributed by atoms with Gasteiger partial charge in [-0.25, -0.2) is 4.79 Å². The maximum absolute atomic E-state index is 11.9. The van der Waals surface area contributed by atoms with Crippen molar-refractivity contribution in [1.82, 2.24) is 0 Å². The summed E-state index contributed by atoms with van der Waals surface area (Å²) in [5.74, 6) is 0.442. The molecule has 0 aliphatic rings. The number of esters is 1. The summed E-state index contributed by atoms with van der Waals surface area (Å²) in [5, 5.41) is 0. The van der Waals surface area contributed by atoms with E-state index in [0.717, 1.165) is 37.9 Å². The molecule has 1 rings (SSSR count). The third kappa shape index (κ3) is 8.76. The van der Waals surface area contributed by atoms with E-state index in [9.17, 15) is 4.79 Å². The molecule has 1 atom stereocenters. The monoisotopic (exact) mass is 346 g/mol. The lowest BCUT2D eigenvalue weighted by Gasteiger charge is -2.21. The van der Waals surface area contributed by atoms with Crippen molar-refractivity contribution in [2.75, 3.05) is 0 Å². The predicted molar refractivity (Wildman–Crippen MR) is 104 cm³/mol. The fourth-order valence-corrected chi connectivity index (χ4v) is 2.63. The highest BCUT2D eigenvalue weighted by Crippen LogP contribution is 2.24. The normalized spacial score (nSPS) is 11.8. The molecule has 0 fully saturated rings. The van der Waals surface area contributed by atoms with Gasteiger partial charge in [0.05, 0.1) is 0 Å². The minimum absolute atomic E-state index is 0.387. The fraction of sp³-hybridized carbons (Fsp3) is 0.591. The molecule has 3 heteroatoms. The molecule has 25 heavy (non-hydrogen) atoms. The molecule has 0 N–H and O–H groups in total. The topological polar surface area (TPSA) is 35.5 Å². The summed E-state index contributed by atoms with van der Waals surface area (Å²) >= 11 is 0. The van der Waals surface area contributed by atoms with Crippen molar-refractivity contribution in [2.45, 2.75) is 84.8 Å². The van der Waals surface area contributed by atoms with Gasteiger partial charge in [-0.15, -0.1) is 0 Å². The molecule has 0 bridgehead atoms. The Kier molecular flexibility index (Phi) is 10.7. The second-order valence-electron chi connectivity index (χ2n) is 6.65. The Morgan fingerprint density at radius 3 is 2.40 bits per heavy atom. The smallest absolute Gasteiger partial charge is 0.336 e. The van der Waals surface area contributed by atoms with Crippen LogP contribution in [0, 0.1) is 0 Å². The van der Waals surface area contributed by atoms with Crippen LogP contribution in [0.5, 0.6) is 5.75 Å². The first-order valence-electron chi connectivity index (χ1n) is 9.69. The summed E-state index contributed by atoms with van der Waals surface area (Å²) in [4.78, 5) is 11.9. The van der Waals surface area contributed by atoms with Crippen LogP contribution in [0.4, 0.5) is 0 Å². The van der Waals surface area contributed by atoms with E-state index in [1.54, 1.807) is 6.92 Å². The summed E-state index contributed by atoms with van der Waals surface area (Å²) in [6.45, 7) is 9.69. The second-order valence-corrected chi connectivity index (χ2v) is 6.65. The zero-order chi connectivity index (χ0) is 18.5. The van der Waals surface area contributed by atoms with Gasteiger partial charge >= 0.3 is 5.97 Å². The van der Waals surface area contributed by atoms with Crippen LogP contribution in [0.3, 0.4) is 0 Å². The van der Waals surface area contributed by atoms with Crippen LogP contribution < -0.4 is 4.74 Å². The van der Waals surface area contributed by atoms with E-state index < -0.39 is 6.29 Å². The molecule has 140 valence electrons. The summed E-state index contributed by atoms with van der Waals surface area (Å²) < 4.78 is 11.6. The van der Waals surface area contributed by atoms with E-state index in [1.165, 1.54) is 24.8 Å².